The molecule has 0 saturated carbocycles. The van der Waals surface area contributed by atoms with E-state index in [4.69, 9.17) is 17.0 Å². The van der Waals surface area contributed by atoms with Crippen LogP contribution in [0.5, 0.6) is 0 Å². The topological polar surface area (TPSA) is 29.5 Å². The van der Waals surface area contributed by atoms with E-state index in [1.54, 1.807) is 4.90 Å². The minimum Gasteiger partial charge on any atom is -0.468 e. The molecule has 3 nitrogen and oxygen atoms in total. The Hall–Kier alpha value is -1.42. The lowest BCUT2D eigenvalue weighted by Crippen LogP contribution is -2.32. The van der Waals surface area contributed by atoms with Crippen molar-refractivity contribution >= 4 is 23.3 Å². The molecule has 1 amide bonds. The maximum atomic E-state index is 11.7. The first-order valence-corrected chi connectivity index (χ1v) is 6.37. The zero-order chi connectivity index (χ0) is 13.4. The van der Waals surface area contributed by atoms with Gasteiger partial charge in [-0.25, -0.2) is 0 Å². The van der Waals surface area contributed by atoms with E-state index in [0.29, 0.717) is 6.61 Å². The fourth-order valence-corrected chi connectivity index (χ4v) is 3.02. The van der Waals surface area contributed by atoms with Gasteiger partial charge in [-0.2, -0.15) is 0 Å². The molecule has 0 radical (unpaired) electrons. The summed E-state index contributed by atoms with van der Waals surface area (Å²) in [6, 6.07) is 4.17. The average molecular weight is 263 g/mol. The highest BCUT2D eigenvalue weighted by Crippen LogP contribution is 2.32. The summed E-state index contributed by atoms with van der Waals surface area (Å²) in [6.07, 6.45) is 0. The van der Waals surface area contributed by atoms with Crippen molar-refractivity contribution in [1.29, 1.82) is 0 Å². The maximum absolute atomic E-state index is 11.7. The minimum atomic E-state index is -0.0874. The molecule has 1 fully saturated rings. The largest absolute Gasteiger partial charge is 0.468 e. The van der Waals surface area contributed by atoms with Gasteiger partial charge in [0.1, 0.15) is 12.6 Å². The first-order chi connectivity index (χ1) is 8.41. The lowest BCUT2D eigenvalue weighted by Gasteiger charge is -2.23. The predicted octanol–water partition coefficient (Wildman–Crippen LogP) is 2.82. The molecular formula is C14H17NO2S. The molecule has 0 aromatic heterocycles. The number of benzene rings is 1. The van der Waals surface area contributed by atoms with Gasteiger partial charge >= 0.3 is 0 Å². The molecule has 0 N–H and O–H groups in total. The number of hydrogen-bond acceptors (Lipinski definition) is 3. The zero-order valence-electron chi connectivity index (χ0n) is 11.1. The molecule has 18 heavy (non-hydrogen) atoms. The molecule has 96 valence electrons. The molecule has 4 heteroatoms. The number of carbonyl (C=O) groups is 1. The van der Waals surface area contributed by atoms with Gasteiger partial charge < -0.3 is 4.74 Å². The number of amides is 1. The molecule has 1 saturated heterocycles. The van der Waals surface area contributed by atoms with Crippen LogP contribution in [0, 0.1) is 20.8 Å². The normalized spacial score (nSPS) is 19.0. The van der Waals surface area contributed by atoms with Crippen LogP contribution in [-0.2, 0) is 9.53 Å². The van der Waals surface area contributed by atoms with Gasteiger partial charge in [0, 0.05) is 6.92 Å². The molecule has 1 heterocycles. The molecule has 0 unspecified atom stereocenters. The van der Waals surface area contributed by atoms with E-state index in [9.17, 15) is 4.79 Å². The van der Waals surface area contributed by atoms with Gasteiger partial charge in [0.2, 0.25) is 5.91 Å². The first kappa shape index (κ1) is 13.0. The number of hydrogen-bond donors (Lipinski definition) is 0. The summed E-state index contributed by atoms with van der Waals surface area (Å²) in [5, 5.41) is 0.284. The summed E-state index contributed by atoms with van der Waals surface area (Å²) in [4.78, 5) is 13.3. The van der Waals surface area contributed by atoms with Gasteiger partial charge in [-0.1, -0.05) is 17.7 Å². The quantitative estimate of drug-likeness (QED) is 0.730. The van der Waals surface area contributed by atoms with Crippen molar-refractivity contribution in [2.24, 2.45) is 0 Å². The molecule has 1 aromatic rings. The highest BCUT2D eigenvalue weighted by atomic mass is 32.1. The van der Waals surface area contributed by atoms with Crippen molar-refractivity contribution < 1.29 is 9.53 Å². The summed E-state index contributed by atoms with van der Waals surface area (Å²) >= 11 is 5.09. The van der Waals surface area contributed by atoms with Crippen molar-refractivity contribution in [2.75, 3.05) is 6.61 Å². The standard InChI is InChI=1S/C14H17NO2S/c1-8-5-9(2)13(10(3)6-8)12-7-17-14(18)15(12)11(4)16/h5-6,12H,7H2,1-4H3/t12-/m0/s1. The highest BCUT2D eigenvalue weighted by Gasteiger charge is 2.35. The van der Waals surface area contributed by atoms with Gasteiger partial charge in [0.25, 0.3) is 5.17 Å². The molecule has 0 bridgehead atoms. The molecule has 1 aliphatic heterocycles. The SMILES string of the molecule is CC(=O)N1C(=S)OC[C@H]1c1c(C)cc(C)cc1C. The van der Waals surface area contributed by atoms with Crippen molar-refractivity contribution in [3.63, 3.8) is 0 Å². The van der Waals surface area contributed by atoms with E-state index < -0.39 is 0 Å². The molecule has 2 rings (SSSR count). The Labute approximate surface area is 113 Å². The van der Waals surface area contributed by atoms with Crippen LogP contribution in [0.25, 0.3) is 0 Å². The Kier molecular flexibility index (Phi) is 3.39. The fraction of sp³-hybridized carbons (Fsp3) is 0.429. The van der Waals surface area contributed by atoms with E-state index in [0.717, 1.165) is 5.56 Å². The van der Waals surface area contributed by atoms with Crippen molar-refractivity contribution in [1.82, 2.24) is 4.90 Å². The smallest absolute Gasteiger partial charge is 0.266 e. The lowest BCUT2D eigenvalue weighted by atomic mass is 9.94. The third-order valence-corrected chi connectivity index (χ3v) is 3.60. The van der Waals surface area contributed by atoms with Crippen LogP contribution < -0.4 is 0 Å². The monoisotopic (exact) mass is 263 g/mol. The fourth-order valence-electron chi connectivity index (χ4n) is 2.70. The maximum Gasteiger partial charge on any atom is 0.266 e. The Morgan fingerprint density at radius 2 is 1.89 bits per heavy atom. The zero-order valence-corrected chi connectivity index (χ0v) is 11.9. The van der Waals surface area contributed by atoms with E-state index in [1.165, 1.54) is 23.6 Å². The van der Waals surface area contributed by atoms with Crippen LogP contribution in [0.2, 0.25) is 0 Å². The van der Waals surface area contributed by atoms with Crippen LogP contribution in [0.15, 0.2) is 12.1 Å². The molecular weight excluding hydrogens is 246 g/mol. The van der Waals surface area contributed by atoms with E-state index in [-0.39, 0.29) is 17.1 Å². The van der Waals surface area contributed by atoms with Gasteiger partial charge in [-0.3, -0.25) is 9.69 Å². The second-order valence-corrected chi connectivity index (χ2v) is 5.14. The molecule has 1 atom stereocenters. The minimum absolute atomic E-state index is 0.0677. The Bertz CT molecular complexity index is 502. The summed E-state index contributed by atoms with van der Waals surface area (Å²) in [7, 11) is 0. The Balaban J connectivity index is 2.49. The summed E-state index contributed by atoms with van der Waals surface area (Å²) in [5.74, 6) is -0.0677. The Morgan fingerprint density at radius 1 is 1.33 bits per heavy atom. The van der Waals surface area contributed by atoms with Crippen LogP contribution in [0.4, 0.5) is 0 Å². The van der Waals surface area contributed by atoms with Gasteiger partial charge in [0.15, 0.2) is 0 Å². The van der Waals surface area contributed by atoms with Crippen molar-refractivity contribution in [2.45, 2.75) is 33.7 Å². The highest BCUT2D eigenvalue weighted by molar-refractivity contribution is 7.80. The van der Waals surface area contributed by atoms with E-state index >= 15 is 0 Å². The predicted molar refractivity (Wildman–Crippen MR) is 74.5 cm³/mol. The van der Waals surface area contributed by atoms with Gasteiger partial charge in [0.05, 0.1) is 0 Å². The number of ether oxygens (including phenoxy) is 1. The average Bonchev–Trinajstić information content (AvgIpc) is 2.58. The second-order valence-electron chi connectivity index (χ2n) is 4.79. The third kappa shape index (κ3) is 2.12. The summed E-state index contributed by atoms with van der Waals surface area (Å²) in [6.45, 7) is 8.17. The number of thiocarbonyl (C=S) groups is 1. The van der Waals surface area contributed by atoms with E-state index in [2.05, 4.69) is 32.9 Å². The number of carbonyl (C=O) groups excluding carboxylic acids is 1. The van der Waals surface area contributed by atoms with Crippen LogP contribution in [0.3, 0.4) is 0 Å². The van der Waals surface area contributed by atoms with Gasteiger partial charge in [-0.15, -0.1) is 0 Å². The Morgan fingerprint density at radius 3 is 2.39 bits per heavy atom. The second kappa shape index (κ2) is 4.69. The van der Waals surface area contributed by atoms with Gasteiger partial charge in [-0.05, 0) is 49.7 Å². The van der Waals surface area contributed by atoms with E-state index in [1.807, 2.05) is 0 Å². The molecule has 0 aliphatic carbocycles. The van der Waals surface area contributed by atoms with Crippen LogP contribution in [0.1, 0.15) is 35.2 Å². The summed E-state index contributed by atoms with van der Waals surface area (Å²) in [5.41, 5.74) is 4.73. The van der Waals surface area contributed by atoms with Crippen LogP contribution >= 0.6 is 12.2 Å². The van der Waals surface area contributed by atoms with Crippen molar-refractivity contribution in [3.05, 3.63) is 34.4 Å². The molecule has 1 aliphatic rings. The molecule has 0 spiro atoms. The number of nitrogens with zero attached hydrogens (tertiary/aromatic N) is 1. The molecule has 1 aromatic carbocycles. The first-order valence-electron chi connectivity index (χ1n) is 5.96. The third-order valence-electron chi connectivity index (χ3n) is 3.28. The number of rotatable bonds is 1. The summed E-state index contributed by atoms with van der Waals surface area (Å²) < 4.78 is 5.37. The lowest BCUT2D eigenvalue weighted by molar-refractivity contribution is -0.126. The van der Waals surface area contributed by atoms with Crippen molar-refractivity contribution in [3.8, 4) is 0 Å². The van der Waals surface area contributed by atoms with Crippen LogP contribution in [-0.4, -0.2) is 22.6 Å². The number of aryl methyl sites for hydroxylation is 3.